The molecule has 0 N–H and O–H groups in total. The van der Waals surface area contributed by atoms with Crippen LogP contribution in [0.1, 0.15) is 56.1 Å². The Morgan fingerprint density at radius 1 is 1.24 bits per heavy atom. The third-order valence-corrected chi connectivity index (χ3v) is 6.42. The highest BCUT2D eigenvalue weighted by atomic mass is 15.2. The standard InChI is InChI=1S/C21H32N4/c1-4-16(2)19-11-21-22-7-10-25(21)15-20(19)18-5-8-24(9-6-18)14-17-12-23(3)13-17/h7,10-11,15-18H,4-6,8-9,12-14H2,1-3H3. The number of aromatic nitrogens is 2. The van der Waals surface area contributed by atoms with E-state index in [2.05, 4.69) is 58.5 Å². The zero-order valence-electron chi connectivity index (χ0n) is 16.0. The van der Waals surface area contributed by atoms with Crippen LogP contribution in [0.3, 0.4) is 0 Å². The number of fused-ring (bicyclic) bond motifs is 1. The van der Waals surface area contributed by atoms with Crippen LogP contribution in [0.15, 0.2) is 24.7 Å². The Kier molecular flexibility index (Phi) is 4.83. The van der Waals surface area contributed by atoms with Crippen molar-refractivity contribution in [1.29, 1.82) is 0 Å². The van der Waals surface area contributed by atoms with E-state index in [1.54, 1.807) is 5.56 Å². The Morgan fingerprint density at radius 3 is 2.68 bits per heavy atom. The predicted molar refractivity (Wildman–Crippen MR) is 103 cm³/mol. The van der Waals surface area contributed by atoms with Crippen LogP contribution in [0, 0.1) is 5.92 Å². The zero-order chi connectivity index (χ0) is 17.4. The Hall–Kier alpha value is -1.39. The second kappa shape index (κ2) is 7.08. The van der Waals surface area contributed by atoms with Crippen LogP contribution in [0.25, 0.3) is 5.65 Å². The van der Waals surface area contributed by atoms with Crippen molar-refractivity contribution < 1.29 is 0 Å². The maximum Gasteiger partial charge on any atom is 0.136 e. The zero-order valence-corrected chi connectivity index (χ0v) is 16.0. The number of imidazole rings is 1. The van der Waals surface area contributed by atoms with E-state index < -0.39 is 0 Å². The van der Waals surface area contributed by atoms with Gasteiger partial charge in [-0.25, -0.2) is 4.98 Å². The van der Waals surface area contributed by atoms with Gasteiger partial charge in [-0.3, -0.25) is 0 Å². The van der Waals surface area contributed by atoms with E-state index in [-0.39, 0.29) is 0 Å². The number of nitrogens with zero attached hydrogens (tertiary/aromatic N) is 4. The molecule has 4 nitrogen and oxygen atoms in total. The summed E-state index contributed by atoms with van der Waals surface area (Å²) in [6, 6.07) is 2.33. The minimum absolute atomic E-state index is 0.611. The Balaban J connectivity index is 1.48. The number of pyridine rings is 1. The molecule has 0 spiro atoms. The molecule has 0 bridgehead atoms. The van der Waals surface area contributed by atoms with E-state index in [1.165, 1.54) is 57.5 Å². The van der Waals surface area contributed by atoms with E-state index in [0.29, 0.717) is 11.8 Å². The van der Waals surface area contributed by atoms with Gasteiger partial charge >= 0.3 is 0 Å². The minimum atomic E-state index is 0.611. The van der Waals surface area contributed by atoms with E-state index in [4.69, 9.17) is 0 Å². The summed E-state index contributed by atoms with van der Waals surface area (Å²) in [5.74, 6) is 2.22. The minimum Gasteiger partial charge on any atom is -0.307 e. The topological polar surface area (TPSA) is 23.8 Å². The first-order valence-corrected chi connectivity index (χ1v) is 10.0. The summed E-state index contributed by atoms with van der Waals surface area (Å²) < 4.78 is 2.21. The highest BCUT2D eigenvalue weighted by Gasteiger charge is 2.29. The molecule has 2 aromatic heterocycles. The first kappa shape index (κ1) is 17.0. The van der Waals surface area contributed by atoms with Gasteiger partial charge in [0.25, 0.3) is 0 Å². The molecule has 2 aliphatic rings. The molecule has 0 saturated carbocycles. The van der Waals surface area contributed by atoms with Crippen LogP contribution < -0.4 is 0 Å². The molecule has 4 rings (SSSR count). The molecule has 4 heterocycles. The second-order valence-corrected chi connectivity index (χ2v) is 8.35. The van der Waals surface area contributed by atoms with Crippen LogP contribution in [0.5, 0.6) is 0 Å². The molecule has 2 aliphatic heterocycles. The summed E-state index contributed by atoms with van der Waals surface area (Å²) in [6.45, 7) is 11.0. The maximum atomic E-state index is 4.50. The molecule has 0 amide bonds. The average Bonchev–Trinajstić information content (AvgIpc) is 3.07. The van der Waals surface area contributed by atoms with Crippen LogP contribution in [-0.2, 0) is 0 Å². The number of piperidine rings is 1. The first-order chi connectivity index (χ1) is 12.1. The molecular weight excluding hydrogens is 308 g/mol. The summed E-state index contributed by atoms with van der Waals surface area (Å²) in [5.41, 5.74) is 4.19. The molecule has 2 saturated heterocycles. The smallest absolute Gasteiger partial charge is 0.136 e. The fourth-order valence-electron chi connectivity index (χ4n) is 4.72. The second-order valence-electron chi connectivity index (χ2n) is 8.35. The summed E-state index contributed by atoms with van der Waals surface area (Å²) in [5, 5.41) is 0. The van der Waals surface area contributed by atoms with Crippen LogP contribution in [0.4, 0.5) is 0 Å². The molecular formula is C21H32N4. The van der Waals surface area contributed by atoms with Crippen molar-refractivity contribution in [3.05, 3.63) is 35.8 Å². The average molecular weight is 341 g/mol. The van der Waals surface area contributed by atoms with Gasteiger partial charge in [0.1, 0.15) is 5.65 Å². The van der Waals surface area contributed by atoms with E-state index in [0.717, 1.165) is 11.6 Å². The molecule has 0 aliphatic carbocycles. The Morgan fingerprint density at radius 2 is 2.00 bits per heavy atom. The van der Waals surface area contributed by atoms with Crippen LogP contribution in [0.2, 0.25) is 0 Å². The SMILES string of the molecule is CCC(C)c1cc2nccn2cc1C1CCN(CC2CN(C)C2)CC1. The quantitative estimate of drug-likeness (QED) is 0.831. The van der Waals surface area contributed by atoms with Crippen molar-refractivity contribution in [2.24, 2.45) is 5.92 Å². The van der Waals surface area contributed by atoms with Crippen molar-refractivity contribution in [1.82, 2.24) is 19.2 Å². The highest BCUT2D eigenvalue weighted by Crippen LogP contribution is 2.35. The number of hydrogen-bond donors (Lipinski definition) is 0. The molecule has 4 heteroatoms. The van der Waals surface area contributed by atoms with Gasteiger partial charge in [0.05, 0.1) is 0 Å². The van der Waals surface area contributed by atoms with Gasteiger partial charge in [0.15, 0.2) is 0 Å². The van der Waals surface area contributed by atoms with Gasteiger partial charge < -0.3 is 14.2 Å². The Bertz CT molecular complexity index is 708. The molecule has 2 fully saturated rings. The maximum absolute atomic E-state index is 4.50. The van der Waals surface area contributed by atoms with E-state index in [1.807, 2.05) is 6.20 Å². The third-order valence-electron chi connectivity index (χ3n) is 6.42. The first-order valence-electron chi connectivity index (χ1n) is 10.0. The Labute approximate surface area is 151 Å². The lowest BCUT2D eigenvalue weighted by Gasteiger charge is -2.41. The van der Waals surface area contributed by atoms with E-state index >= 15 is 0 Å². The van der Waals surface area contributed by atoms with Crippen molar-refractivity contribution in [2.75, 3.05) is 39.8 Å². The lowest BCUT2D eigenvalue weighted by molar-refractivity contribution is 0.0797. The fraction of sp³-hybridized carbons (Fsp3) is 0.667. The molecule has 25 heavy (non-hydrogen) atoms. The van der Waals surface area contributed by atoms with Crippen LogP contribution in [-0.4, -0.2) is 59.0 Å². The van der Waals surface area contributed by atoms with Gasteiger partial charge in [-0.15, -0.1) is 0 Å². The summed E-state index contributed by atoms with van der Waals surface area (Å²) in [6.07, 6.45) is 10.2. The lowest BCUT2D eigenvalue weighted by Crippen LogP contribution is -2.50. The van der Waals surface area contributed by atoms with Gasteiger partial charge in [-0.1, -0.05) is 13.8 Å². The molecule has 136 valence electrons. The molecule has 1 atom stereocenters. The van der Waals surface area contributed by atoms with Crippen molar-refractivity contribution in [2.45, 2.75) is 44.9 Å². The molecule has 0 aromatic carbocycles. The van der Waals surface area contributed by atoms with Crippen molar-refractivity contribution in [3.8, 4) is 0 Å². The van der Waals surface area contributed by atoms with Gasteiger partial charge in [-0.2, -0.15) is 0 Å². The van der Waals surface area contributed by atoms with Crippen molar-refractivity contribution >= 4 is 5.65 Å². The monoisotopic (exact) mass is 340 g/mol. The third kappa shape index (κ3) is 3.47. The number of likely N-dealkylation sites (tertiary alicyclic amines) is 2. The predicted octanol–water partition coefficient (Wildman–Crippen LogP) is 3.59. The summed E-state index contributed by atoms with van der Waals surface area (Å²) >= 11 is 0. The molecule has 0 radical (unpaired) electrons. The van der Waals surface area contributed by atoms with Gasteiger partial charge in [-0.05, 0) is 74.3 Å². The molecule has 2 aromatic rings. The lowest BCUT2D eigenvalue weighted by atomic mass is 9.83. The summed E-state index contributed by atoms with van der Waals surface area (Å²) in [4.78, 5) is 9.63. The normalized spacial score (nSPS) is 22.4. The largest absolute Gasteiger partial charge is 0.307 e. The summed E-state index contributed by atoms with van der Waals surface area (Å²) in [7, 11) is 2.23. The van der Waals surface area contributed by atoms with Crippen LogP contribution >= 0.6 is 0 Å². The molecule has 1 unspecified atom stereocenters. The highest BCUT2D eigenvalue weighted by molar-refractivity contribution is 5.47. The number of hydrogen-bond acceptors (Lipinski definition) is 3. The van der Waals surface area contributed by atoms with Crippen molar-refractivity contribution in [3.63, 3.8) is 0 Å². The number of rotatable bonds is 5. The van der Waals surface area contributed by atoms with E-state index in [9.17, 15) is 0 Å². The fourth-order valence-corrected chi connectivity index (χ4v) is 4.72. The van der Waals surface area contributed by atoms with Gasteiger partial charge in [0, 0.05) is 38.2 Å². The van der Waals surface area contributed by atoms with Gasteiger partial charge in [0.2, 0.25) is 0 Å².